The SMILES string of the molecule is C[C@@H]1CCC[C@@H](C)N1C(=O)CN1C(=O)N[C@](C)(c2ccc3c(c2)OCCO3)C1=O. The van der Waals surface area contributed by atoms with Gasteiger partial charge in [0.1, 0.15) is 25.3 Å². The molecule has 8 nitrogen and oxygen atoms in total. The van der Waals surface area contributed by atoms with Crippen molar-refractivity contribution in [2.24, 2.45) is 0 Å². The Morgan fingerprint density at radius 2 is 1.79 bits per heavy atom. The highest BCUT2D eigenvalue weighted by molar-refractivity contribution is 6.09. The highest BCUT2D eigenvalue weighted by Gasteiger charge is 2.50. The van der Waals surface area contributed by atoms with Gasteiger partial charge in [-0.2, -0.15) is 0 Å². The summed E-state index contributed by atoms with van der Waals surface area (Å²) in [5, 5.41) is 2.75. The van der Waals surface area contributed by atoms with Gasteiger partial charge in [-0.25, -0.2) is 4.79 Å². The number of hydrogen-bond acceptors (Lipinski definition) is 5. The van der Waals surface area contributed by atoms with Crippen LogP contribution in [0.25, 0.3) is 0 Å². The first-order valence-electron chi connectivity index (χ1n) is 10.2. The number of amides is 4. The third-order valence-electron chi connectivity index (χ3n) is 6.17. The molecule has 4 amide bonds. The number of benzene rings is 1. The van der Waals surface area contributed by atoms with E-state index in [1.165, 1.54) is 0 Å². The lowest BCUT2D eigenvalue weighted by molar-refractivity contribution is -0.142. The molecule has 0 saturated carbocycles. The van der Waals surface area contributed by atoms with Crippen LogP contribution in [0.2, 0.25) is 0 Å². The Morgan fingerprint density at radius 1 is 1.14 bits per heavy atom. The van der Waals surface area contributed by atoms with Crippen LogP contribution in [0.3, 0.4) is 0 Å². The highest BCUT2D eigenvalue weighted by atomic mass is 16.6. The summed E-state index contributed by atoms with van der Waals surface area (Å²) >= 11 is 0. The number of piperidine rings is 1. The molecule has 0 bridgehead atoms. The molecule has 1 aromatic carbocycles. The molecule has 0 radical (unpaired) electrons. The standard InChI is InChI=1S/C21H27N3O5/c1-13-5-4-6-14(2)24(13)18(25)12-23-19(26)21(3,22-20(23)27)15-7-8-16-17(11-15)29-10-9-28-16/h7-8,11,13-14H,4-6,9-10,12H2,1-3H3,(H,22,27)/t13-,14-,21-/m1/s1. The molecular formula is C21H27N3O5. The van der Waals surface area contributed by atoms with Crippen molar-refractivity contribution in [2.75, 3.05) is 19.8 Å². The number of rotatable bonds is 3. The van der Waals surface area contributed by atoms with Crippen LogP contribution in [0, 0.1) is 0 Å². The molecule has 156 valence electrons. The lowest BCUT2D eigenvalue weighted by Gasteiger charge is -2.39. The van der Waals surface area contributed by atoms with E-state index in [4.69, 9.17) is 9.47 Å². The zero-order valence-corrected chi connectivity index (χ0v) is 17.1. The van der Waals surface area contributed by atoms with Crippen molar-refractivity contribution < 1.29 is 23.9 Å². The van der Waals surface area contributed by atoms with Crippen molar-refractivity contribution in [1.82, 2.24) is 15.1 Å². The molecule has 0 aromatic heterocycles. The Morgan fingerprint density at radius 3 is 2.48 bits per heavy atom. The first-order valence-corrected chi connectivity index (χ1v) is 10.2. The maximum absolute atomic E-state index is 13.2. The first kappa shape index (κ1) is 19.5. The number of carbonyl (C=O) groups is 3. The Labute approximate surface area is 170 Å². The van der Waals surface area contributed by atoms with Crippen LogP contribution in [-0.4, -0.2) is 59.5 Å². The Balaban J connectivity index is 1.54. The van der Waals surface area contributed by atoms with Crippen LogP contribution in [-0.2, 0) is 15.1 Å². The van der Waals surface area contributed by atoms with Gasteiger partial charge in [0.2, 0.25) is 5.91 Å². The van der Waals surface area contributed by atoms with Crippen molar-refractivity contribution in [3.63, 3.8) is 0 Å². The molecule has 1 N–H and O–H groups in total. The van der Waals surface area contributed by atoms with Crippen LogP contribution in [0.1, 0.15) is 45.6 Å². The minimum atomic E-state index is -1.26. The summed E-state index contributed by atoms with van der Waals surface area (Å²) in [5.41, 5.74) is -0.665. The van der Waals surface area contributed by atoms with Crippen molar-refractivity contribution in [3.8, 4) is 11.5 Å². The van der Waals surface area contributed by atoms with Crippen molar-refractivity contribution in [3.05, 3.63) is 23.8 Å². The smallest absolute Gasteiger partial charge is 0.325 e. The molecule has 0 aliphatic carbocycles. The molecule has 1 aromatic rings. The van der Waals surface area contributed by atoms with Gasteiger partial charge in [0.25, 0.3) is 5.91 Å². The Bertz CT molecular complexity index is 847. The normalized spacial score (nSPS) is 29.1. The minimum absolute atomic E-state index is 0.108. The van der Waals surface area contributed by atoms with E-state index in [-0.39, 0.29) is 24.5 Å². The fraction of sp³-hybridized carbons (Fsp3) is 0.571. The number of nitrogens with one attached hydrogen (secondary N) is 1. The zero-order valence-electron chi connectivity index (χ0n) is 17.1. The third kappa shape index (κ3) is 3.30. The average Bonchev–Trinajstić information content (AvgIpc) is 2.91. The maximum Gasteiger partial charge on any atom is 0.325 e. The number of imide groups is 1. The Hall–Kier alpha value is -2.77. The zero-order chi connectivity index (χ0) is 20.8. The second-order valence-corrected chi connectivity index (χ2v) is 8.23. The van der Waals surface area contributed by atoms with Crippen molar-refractivity contribution in [2.45, 2.75) is 57.7 Å². The van der Waals surface area contributed by atoms with Gasteiger partial charge < -0.3 is 19.7 Å². The summed E-state index contributed by atoms with van der Waals surface area (Å²) in [4.78, 5) is 41.5. The number of nitrogens with zero attached hydrogens (tertiary/aromatic N) is 2. The van der Waals surface area contributed by atoms with E-state index < -0.39 is 17.5 Å². The van der Waals surface area contributed by atoms with E-state index in [0.717, 1.165) is 24.2 Å². The molecular weight excluding hydrogens is 374 g/mol. The lowest BCUT2D eigenvalue weighted by Crippen LogP contribution is -2.52. The van der Waals surface area contributed by atoms with Crippen LogP contribution in [0.5, 0.6) is 11.5 Å². The predicted octanol–water partition coefficient (Wildman–Crippen LogP) is 2.01. The highest BCUT2D eigenvalue weighted by Crippen LogP contribution is 2.37. The van der Waals surface area contributed by atoms with Gasteiger partial charge in [0.15, 0.2) is 11.5 Å². The van der Waals surface area contributed by atoms with Gasteiger partial charge in [-0.05, 0) is 57.7 Å². The molecule has 2 fully saturated rings. The van der Waals surface area contributed by atoms with Gasteiger partial charge in [-0.3, -0.25) is 14.5 Å². The largest absolute Gasteiger partial charge is 0.486 e. The van der Waals surface area contributed by atoms with Crippen molar-refractivity contribution >= 4 is 17.8 Å². The predicted molar refractivity (Wildman–Crippen MR) is 105 cm³/mol. The molecule has 29 heavy (non-hydrogen) atoms. The molecule has 3 atom stereocenters. The number of ether oxygens (including phenoxy) is 2. The molecule has 4 rings (SSSR count). The molecule has 3 aliphatic rings. The van der Waals surface area contributed by atoms with E-state index in [1.54, 1.807) is 25.1 Å². The average molecular weight is 401 g/mol. The molecule has 0 unspecified atom stereocenters. The second kappa shape index (κ2) is 7.24. The maximum atomic E-state index is 13.2. The van der Waals surface area contributed by atoms with Crippen LogP contribution in [0.15, 0.2) is 18.2 Å². The quantitative estimate of drug-likeness (QED) is 0.783. The monoisotopic (exact) mass is 401 g/mol. The minimum Gasteiger partial charge on any atom is -0.486 e. The van der Waals surface area contributed by atoms with Gasteiger partial charge >= 0.3 is 6.03 Å². The number of hydrogen-bond donors (Lipinski definition) is 1. The van der Waals surface area contributed by atoms with E-state index in [2.05, 4.69) is 5.32 Å². The van der Waals surface area contributed by atoms with Gasteiger partial charge in [-0.1, -0.05) is 6.07 Å². The first-order chi connectivity index (χ1) is 13.8. The molecule has 0 spiro atoms. The van der Waals surface area contributed by atoms with E-state index in [9.17, 15) is 14.4 Å². The summed E-state index contributed by atoms with van der Waals surface area (Å²) < 4.78 is 11.1. The number of urea groups is 1. The van der Waals surface area contributed by atoms with E-state index >= 15 is 0 Å². The summed E-state index contributed by atoms with van der Waals surface area (Å²) in [6.45, 7) is 6.33. The van der Waals surface area contributed by atoms with E-state index in [1.807, 2.05) is 18.7 Å². The summed E-state index contributed by atoms with van der Waals surface area (Å²) in [6.07, 6.45) is 2.95. The van der Waals surface area contributed by atoms with Gasteiger partial charge in [0, 0.05) is 12.1 Å². The third-order valence-corrected chi connectivity index (χ3v) is 6.17. The molecule has 3 aliphatic heterocycles. The van der Waals surface area contributed by atoms with Gasteiger partial charge in [0.05, 0.1) is 0 Å². The molecule has 2 saturated heterocycles. The Kier molecular flexibility index (Phi) is 4.88. The fourth-order valence-electron chi connectivity index (χ4n) is 4.52. The molecule has 8 heteroatoms. The fourth-order valence-corrected chi connectivity index (χ4v) is 4.52. The number of fused-ring (bicyclic) bond motifs is 1. The van der Waals surface area contributed by atoms with E-state index in [0.29, 0.717) is 30.3 Å². The summed E-state index contributed by atoms with van der Waals surface area (Å²) in [5.74, 6) is 0.521. The van der Waals surface area contributed by atoms with Gasteiger partial charge in [-0.15, -0.1) is 0 Å². The van der Waals surface area contributed by atoms with Crippen LogP contribution in [0.4, 0.5) is 4.79 Å². The topological polar surface area (TPSA) is 88.2 Å². The summed E-state index contributed by atoms with van der Waals surface area (Å²) in [6, 6.07) is 4.85. The van der Waals surface area contributed by atoms with Crippen LogP contribution >= 0.6 is 0 Å². The van der Waals surface area contributed by atoms with Crippen molar-refractivity contribution in [1.29, 1.82) is 0 Å². The second-order valence-electron chi connectivity index (χ2n) is 8.23. The van der Waals surface area contributed by atoms with Crippen LogP contribution < -0.4 is 14.8 Å². The molecule has 3 heterocycles. The number of carbonyl (C=O) groups excluding carboxylic acids is 3. The lowest BCUT2D eigenvalue weighted by atomic mass is 9.91. The number of likely N-dealkylation sites (tertiary alicyclic amines) is 1. The summed E-state index contributed by atoms with van der Waals surface area (Å²) in [7, 11) is 0.